The number of aromatic nitrogens is 2. The van der Waals surface area contributed by atoms with Gasteiger partial charge in [-0.1, -0.05) is 0 Å². The summed E-state index contributed by atoms with van der Waals surface area (Å²) < 4.78 is 7.02. The van der Waals surface area contributed by atoms with E-state index in [1.807, 2.05) is 24.0 Å². The number of aryl methyl sites for hydroxylation is 1. The third-order valence-corrected chi connectivity index (χ3v) is 4.19. The highest BCUT2D eigenvalue weighted by Gasteiger charge is 2.22. The van der Waals surface area contributed by atoms with Crippen LogP contribution >= 0.6 is 0 Å². The first-order valence-corrected chi connectivity index (χ1v) is 8.36. The molecular weight excluding hydrogens is 294 g/mol. The summed E-state index contributed by atoms with van der Waals surface area (Å²) in [5.74, 6) is 0. The van der Waals surface area contributed by atoms with Gasteiger partial charge in [-0.25, -0.2) is 4.79 Å². The van der Waals surface area contributed by atoms with Gasteiger partial charge in [-0.3, -0.25) is 4.68 Å². The maximum atomic E-state index is 12.6. The van der Waals surface area contributed by atoms with Gasteiger partial charge in [0.05, 0.1) is 19.3 Å². The highest BCUT2D eigenvalue weighted by atomic mass is 16.5. The van der Waals surface area contributed by atoms with Gasteiger partial charge in [0.1, 0.15) is 0 Å². The number of hydrogen-bond donors (Lipinski definition) is 1. The quantitative estimate of drug-likeness (QED) is 0.818. The second-order valence-corrected chi connectivity index (χ2v) is 6.17. The summed E-state index contributed by atoms with van der Waals surface area (Å²) in [4.78, 5) is 16.7. The van der Waals surface area contributed by atoms with Crippen molar-refractivity contribution in [3.8, 4) is 0 Å². The van der Waals surface area contributed by atoms with Gasteiger partial charge in [0.15, 0.2) is 0 Å². The van der Waals surface area contributed by atoms with Gasteiger partial charge in [0.25, 0.3) is 0 Å². The predicted molar refractivity (Wildman–Crippen MR) is 89.2 cm³/mol. The molecule has 2 heterocycles. The van der Waals surface area contributed by atoms with Crippen LogP contribution in [0.4, 0.5) is 4.79 Å². The topological polar surface area (TPSA) is 62.6 Å². The van der Waals surface area contributed by atoms with Gasteiger partial charge in [-0.05, 0) is 33.4 Å². The lowest BCUT2D eigenvalue weighted by atomic mass is 10.1. The molecule has 1 N–H and O–H groups in total. The zero-order chi connectivity index (χ0) is 16.7. The average Bonchev–Trinajstić information content (AvgIpc) is 2.99. The summed E-state index contributed by atoms with van der Waals surface area (Å²) in [7, 11) is 3.75. The lowest BCUT2D eigenvalue weighted by Crippen LogP contribution is -2.51. The number of likely N-dealkylation sites (tertiary alicyclic amines) is 1. The minimum absolute atomic E-state index is 0.0217. The van der Waals surface area contributed by atoms with Crippen molar-refractivity contribution in [2.75, 3.05) is 40.4 Å². The lowest BCUT2D eigenvalue weighted by Gasteiger charge is -2.32. The molecule has 0 saturated carbocycles. The van der Waals surface area contributed by atoms with Crippen LogP contribution in [0.25, 0.3) is 0 Å². The van der Waals surface area contributed by atoms with Gasteiger partial charge < -0.3 is 19.9 Å². The molecule has 1 aliphatic heterocycles. The number of carbonyl (C=O) groups is 1. The van der Waals surface area contributed by atoms with E-state index in [0.717, 1.165) is 38.0 Å². The van der Waals surface area contributed by atoms with E-state index in [0.29, 0.717) is 19.7 Å². The normalized spacial score (nSPS) is 18.8. The first kappa shape index (κ1) is 17.7. The molecule has 23 heavy (non-hydrogen) atoms. The van der Waals surface area contributed by atoms with Crippen molar-refractivity contribution >= 4 is 6.03 Å². The van der Waals surface area contributed by atoms with Crippen molar-refractivity contribution in [3.05, 3.63) is 18.0 Å². The average molecular weight is 323 g/mol. The highest BCUT2D eigenvalue weighted by Crippen LogP contribution is 2.10. The van der Waals surface area contributed by atoms with E-state index in [4.69, 9.17) is 4.74 Å². The minimum Gasteiger partial charge on any atom is -0.383 e. The number of nitrogens with zero attached hydrogens (tertiary/aromatic N) is 4. The maximum absolute atomic E-state index is 12.6. The van der Waals surface area contributed by atoms with Crippen molar-refractivity contribution in [3.63, 3.8) is 0 Å². The Morgan fingerprint density at radius 2 is 2.39 bits per heavy atom. The van der Waals surface area contributed by atoms with Crippen LogP contribution in [0.5, 0.6) is 0 Å². The molecular formula is C16H29N5O2. The zero-order valence-corrected chi connectivity index (χ0v) is 14.5. The number of ether oxygens (including phenoxy) is 1. The molecule has 1 aromatic rings. The fourth-order valence-corrected chi connectivity index (χ4v) is 2.89. The van der Waals surface area contributed by atoms with Crippen molar-refractivity contribution in [2.45, 2.75) is 38.9 Å². The Balaban J connectivity index is 1.94. The van der Waals surface area contributed by atoms with Gasteiger partial charge in [0, 0.05) is 44.5 Å². The molecule has 0 unspecified atom stereocenters. The number of piperidine rings is 1. The Hall–Kier alpha value is -1.60. The first-order chi connectivity index (χ1) is 11.1. The second kappa shape index (κ2) is 8.88. The van der Waals surface area contributed by atoms with E-state index >= 15 is 0 Å². The summed E-state index contributed by atoms with van der Waals surface area (Å²) in [6, 6.07) is 0.205. The molecule has 1 fully saturated rings. The van der Waals surface area contributed by atoms with E-state index in [1.54, 1.807) is 12.0 Å². The Morgan fingerprint density at radius 3 is 3.04 bits per heavy atom. The van der Waals surface area contributed by atoms with Crippen LogP contribution in [0.1, 0.15) is 25.3 Å². The molecule has 7 heteroatoms. The number of hydrogen-bond acceptors (Lipinski definition) is 4. The summed E-state index contributed by atoms with van der Waals surface area (Å²) >= 11 is 0. The smallest absolute Gasteiger partial charge is 0.318 e. The highest BCUT2D eigenvalue weighted by molar-refractivity contribution is 5.74. The SMILES string of the molecule is CCn1cc(CN(CCOC)C(=O)N[C@H]2CCCN(C)C2)cn1. The van der Waals surface area contributed by atoms with Crippen LogP contribution in [0, 0.1) is 0 Å². The van der Waals surface area contributed by atoms with Crippen molar-refractivity contribution < 1.29 is 9.53 Å². The molecule has 1 aromatic heterocycles. The molecule has 2 amide bonds. The molecule has 0 bridgehead atoms. The third kappa shape index (κ3) is 5.51. The van der Waals surface area contributed by atoms with E-state index in [-0.39, 0.29) is 12.1 Å². The largest absolute Gasteiger partial charge is 0.383 e. The number of likely N-dealkylation sites (N-methyl/N-ethyl adjacent to an activating group) is 1. The lowest BCUT2D eigenvalue weighted by molar-refractivity contribution is 0.140. The van der Waals surface area contributed by atoms with E-state index in [2.05, 4.69) is 22.4 Å². The fourth-order valence-electron chi connectivity index (χ4n) is 2.89. The zero-order valence-electron chi connectivity index (χ0n) is 14.5. The minimum atomic E-state index is -0.0217. The summed E-state index contributed by atoms with van der Waals surface area (Å²) in [5.41, 5.74) is 1.04. The Morgan fingerprint density at radius 1 is 1.57 bits per heavy atom. The molecule has 1 atom stereocenters. The maximum Gasteiger partial charge on any atom is 0.318 e. The van der Waals surface area contributed by atoms with Gasteiger partial charge in [-0.15, -0.1) is 0 Å². The van der Waals surface area contributed by atoms with Gasteiger partial charge >= 0.3 is 6.03 Å². The van der Waals surface area contributed by atoms with Crippen LogP contribution in [0.15, 0.2) is 12.4 Å². The van der Waals surface area contributed by atoms with Crippen LogP contribution in [0.3, 0.4) is 0 Å². The fraction of sp³-hybridized carbons (Fsp3) is 0.750. The van der Waals surface area contributed by atoms with Crippen LogP contribution in [0.2, 0.25) is 0 Å². The molecule has 2 rings (SSSR count). The third-order valence-electron chi connectivity index (χ3n) is 4.19. The van der Waals surface area contributed by atoms with Crippen molar-refractivity contribution in [1.29, 1.82) is 0 Å². The number of amides is 2. The van der Waals surface area contributed by atoms with Crippen LogP contribution < -0.4 is 5.32 Å². The molecule has 130 valence electrons. The van der Waals surface area contributed by atoms with Gasteiger partial charge in [0.2, 0.25) is 0 Å². The number of urea groups is 1. The Labute approximate surface area is 138 Å². The summed E-state index contributed by atoms with van der Waals surface area (Å²) in [5, 5.41) is 7.44. The molecule has 1 saturated heterocycles. The van der Waals surface area contributed by atoms with Crippen molar-refractivity contribution in [2.24, 2.45) is 0 Å². The first-order valence-electron chi connectivity index (χ1n) is 8.36. The molecule has 7 nitrogen and oxygen atoms in total. The predicted octanol–water partition coefficient (Wildman–Crippen LogP) is 1.16. The van der Waals surface area contributed by atoms with E-state index < -0.39 is 0 Å². The van der Waals surface area contributed by atoms with Gasteiger partial charge in [-0.2, -0.15) is 5.10 Å². The number of methoxy groups -OCH3 is 1. The number of carbonyl (C=O) groups excluding carboxylic acids is 1. The van der Waals surface area contributed by atoms with Crippen LogP contribution in [-0.2, 0) is 17.8 Å². The monoisotopic (exact) mass is 323 g/mol. The van der Waals surface area contributed by atoms with Crippen LogP contribution in [-0.4, -0.2) is 72.1 Å². The second-order valence-electron chi connectivity index (χ2n) is 6.17. The van der Waals surface area contributed by atoms with E-state index in [1.165, 1.54) is 0 Å². The Bertz CT molecular complexity index is 491. The van der Waals surface area contributed by atoms with Crippen molar-refractivity contribution in [1.82, 2.24) is 24.9 Å². The number of nitrogens with one attached hydrogen (secondary N) is 1. The molecule has 1 aliphatic rings. The summed E-state index contributed by atoms with van der Waals surface area (Å²) in [6.07, 6.45) is 5.98. The molecule has 0 radical (unpaired) electrons. The molecule has 0 aromatic carbocycles. The molecule has 0 aliphatic carbocycles. The standard InChI is InChI=1S/C16H29N5O2/c1-4-21-12-14(10-17-21)11-20(8-9-23-3)16(22)18-15-6-5-7-19(2)13-15/h10,12,15H,4-9,11,13H2,1-3H3,(H,18,22)/t15-/m0/s1. The number of rotatable bonds is 7. The Kier molecular flexibility index (Phi) is 6.85. The van der Waals surface area contributed by atoms with E-state index in [9.17, 15) is 4.79 Å². The molecule has 0 spiro atoms. The summed E-state index contributed by atoms with van der Waals surface area (Å²) in [6.45, 7) is 6.55.